The van der Waals surface area contributed by atoms with Gasteiger partial charge in [-0.2, -0.15) is 0 Å². The molecular formula is C26H35N3O5S. The fraction of sp³-hybridized carbons (Fsp3) is 0.462. The van der Waals surface area contributed by atoms with Crippen LogP contribution in [0.5, 0.6) is 0 Å². The molecule has 2 aromatic carbocycles. The number of hydrogen-bond donors (Lipinski definition) is 2. The minimum atomic E-state index is -3.52. The molecule has 1 heterocycles. The van der Waals surface area contributed by atoms with Crippen molar-refractivity contribution in [1.82, 2.24) is 14.9 Å². The van der Waals surface area contributed by atoms with Gasteiger partial charge < -0.3 is 15.0 Å². The third kappa shape index (κ3) is 7.88. The zero-order valence-electron chi connectivity index (χ0n) is 20.4. The summed E-state index contributed by atoms with van der Waals surface area (Å²) in [6.07, 6.45) is 2.60. The lowest BCUT2D eigenvalue weighted by atomic mass is 10.1. The molecule has 1 aliphatic rings. The topological polar surface area (TPSA) is 105 Å². The number of nitrogens with zero attached hydrogens (tertiary/aromatic N) is 1. The monoisotopic (exact) mass is 501 g/mol. The summed E-state index contributed by atoms with van der Waals surface area (Å²) in [6.45, 7) is 5.27. The van der Waals surface area contributed by atoms with Gasteiger partial charge in [-0.25, -0.2) is 13.1 Å². The van der Waals surface area contributed by atoms with Gasteiger partial charge in [0, 0.05) is 32.7 Å². The molecule has 2 N–H and O–H groups in total. The van der Waals surface area contributed by atoms with Gasteiger partial charge >= 0.3 is 0 Å². The largest absolute Gasteiger partial charge is 0.376 e. The first-order valence-corrected chi connectivity index (χ1v) is 13.6. The summed E-state index contributed by atoms with van der Waals surface area (Å²) in [5.41, 5.74) is 1.79. The molecule has 0 radical (unpaired) electrons. The van der Waals surface area contributed by atoms with E-state index in [0.29, 0.717) is 26.1 Å². The van der Waals surface area contributed by atoms with Crippen LogP contribution in [-0.4, -0.2) is 57.0 Å². The Hall–Kier alpha value is -2.75. The Bertz CT molecular complexity index is 1070. The van der Waals surface area contributed by atoms with E-state index in [0.717, 1.165) is 30.6 Å². The van der Waals surface area contributed by atoms with Crippen LogP contribution in [0, 0.1) is 0 Å². The molecule has 1 fully saturated rings. The lowest BCUT2D eigenvalue weighted by Gasteiger charge is -2.29. The summed E-state index contributed by atoms with van der Waals surface area (Å²) in [4.78, 5) is 27.9. The predicted octanol–water partition coefficient (Wildman–Crippen LogP) is 2.63. The van der Waals surface area contributed by atoms with Crippen molar-refractivity contribution in [3.63, 3.8) is 0 Å². The number of nitrogens with one attached hydrogen (secondary N) is 2. The van der Waals surface area contributed by atoms with Gasteiger partial charge in [0.1, 0.15) is 6.04 Å². The summed E-state index contributed by atoms with van der Waals surface area (Å²) in [5.74, 6) is -0.347. The van der Waals surface area contributed by atoms with E-state index in [1.807, 2.05) is 30.3 Å². The first kappa shape index (κ1) is 26.8. The zero-order chi connectivity index (χ0) is 25.3. The number of carbonyl (C=O) groups excluding carboxylic acids is 2. The molecule has 0 spiro atoms. The molecule has 190 valence electrons. The van der Waals surface area contributed by atoms with Crippen LogP contribution in [0.25, 0.3) is 0 Å². The van der Waals surface area contributed by atoms with Gasteiger partial charge in [-0.05, 0) is 49.4 Å². The van der Waals surface area contributed by atoms with Crippen molar-refractivity contribution in [1.29, 1.82) is 0 Å². The summed E-state index contributed by atoms with van der Waals surface area (Å²) in [6, 6.07) is 15.5. The van der Waals surface area contributed by atoms with Crippen LogP contribution >= 0.6 is 0 Å². The lowest BCUT2D eigenvalue weighted by Crippen LogP contribution is -2.49. The fourth-order valence-electron chi connectivity index (χ4n) is 4.03. The Morgan fingerprint density at radius 3 is 2.43 bits per heavy atom. The van der Waals surface area contributed by atoms with Crippen molar-refractivity contribution in [3.05, 3.63) is 65.7 Å². The first-order valence-electron chi connectivity index (χ1n) is 12.1. The number of ether oxygens (including phenoxy) is 1. The molecule has 0 bridgehead atoms. The second-order valence-electron chi connectivity index (χ2n) is 8.71. The Balaban J connectivity index is 1.64. The second-order valence-corrected chi connectivity index (χ2v) is 10.5. The Labute approximate surface area is 208 Å². The lowest BCUT2D eigenvalue weighted by molar-refractivity contribution is -0.140. The molecular weight excluding hydrogens is 466 g/mol. The van der Waals surface area contributed by atoms with Crippen LogP contribution in [0.3, 0.4) is 0 Å². The van der Waals surface area contributed by atoms with Crippen LogP contribution in [-0.2, 0) is 37.3 Å². The maximum Gasteiger partial charge on any atom is 0.242 e. The Morgan fingerprint density at radius 2 is 1.80 bits per heavy atom. The minimum Gasteiger partial charge on any atom is -0.376 e. The van der Waals surface area contributed by atoms with E-state index in [1.165, 1.54) is 0 Å². The summed E-state index contributed by atoms with van der Waals surface area (Å²) >= 11 is 0. The first-order chi connectivity index (χ1) is 16.8. The Kier molecular flexibility index (Phi) is 9.83. The van der Waals surface area contributed by atoms with Crippen LogP contribution < -0.4 is 10.0 Å². The number of sulfonamides is 1. The van der Waals surface area contributed by atoms with Crippen molar-refractivity contribution in [2.24, 2.45) is 0 Å². The Morgan fingerprint density at radius 1 is 1.09 bits per heavy atom. The van der Waals surface area contributed by atoms with Gasteiger partial charge in [0.05, 0.1) is 11.0 Å². The van der Waals surface area contributed by atoms with Crippen molar-refractivity contribution in [2.45, 2.75) is 63.1 Å². The van der Waals surface area contributed by atoms with Gasteiger partial charge in [-0.15, -0.1) is 0 Å². The van der Waals surface area contributed by atoms with E-state index >= 15 is 0 Å². The van der Waals surface area contributed by atoms with Gasteiger partial charge in [0.15, 0.2) is 0 Å². The average Bonchev–Trinajstić information content (AvgIpc) is 3.38. The molecule has 2 amide bonds. The van der Waals surface area contributed by atoms with E-state index in [9.17, 15) is 18.0 Å². The summed E-state index contributed by atoms with van der Waals surface area (Å²) in [5, 5.41) is 2.93. The van der Waals surface area contributed by atoms with Crippen LogP contribution in [0.1, 0.15) is 44.2 Å². The van der Waals surface area contributed by atoms with Crippen molar-refractivity contribution in [3.8, 4) is 0 Å². The summed E-state index contributed by atoms with van der Waals surface area (Å²) in [7, 11) is -3.52. The van der Waals surface area contributed by atoms with Gasteiger partial charge in [-0.1, -0.05) is 49.4 Å². The van der Waals surface area contributed by atoms with E-state index in [-0.39, 0.29) is 29.2 Å². The second kappa shape index (κ2) is 12.8. The molecule has 3 rings (SSSR count). The molecule has 1 saturated heterocycles. The highest BCUT2D eigenvalue weighted by Crippen LogP contribution is 2.16. The van der Waals surface area contributed by atoms with Gasteiger partial charge in [-0.3, -0.25) is 9.59 Å². The van der Waals surface area contributed by atoms with E-state index in [4.69, 9.17) is 4.74 Å². The molecule has 2 aromatic rings. The van der Waals surface area contributed by atoms with Gasteiger partial charge in [0.2, 0.25) is 21.8 Å². The maximum atomic E-state index is 13.3. The molecule has 1 aliphatic heterocycles. The van der Waals surface area contributed by atoms with Crippen LogP contribution in [0.15, 0.2) is 59.5 Å². The summed E-state index contributed by atoms with van der Waals surface area (Å²) < 4.78 is 32.3. The molecule has 9 heteroatoms. The van der Waals surface area contributed by atoms with Crippen molar-refractivity contribution >= 4 is 21.8 Å². The molecule has 0 aliphatic carbocycles. The van der Waals surface area contributed by atoms with Crippen molar-refractivity contribution < 1.29 is 22.7 Å². The van der Waals surface area contributed by atoms with E-state index < -0.39 is 16.1 Å². The molecule has 0 saturated carbocycles. The highest BCUT2D eigenvalue weighted by Gasteiger charge is 2.27. The highest BCUT2D eigenvalue weighted by molar-refractivity contribution is 7.89. The van der Waals surface area contributed by atoms with Crippen molar-refractivity contribution in [2.75, 3.05) is 19.7 Å². The fourth-order valence-corrected chi connectivity index (χ4v) is 5.07. The zero-order valence-corrected chi connectivity index (χ0v) is 21.2. The average molecular weight is 502 g/mol. The number of benzene rings is 2. The molecule has 0 unspecified atom stereocenters. The normalized spacial score (nSPS) is 16.6. The quantitative estimate of drug-likeness (QED) is 0.465. The van der Waals surface area contributed by atoms with Gasteiger partial charge in [0.25, 0.3) is 0 Å². The number of amides is 2. The molecule has 35 heavy (non-hydrogen) atoms. The number of aryl methyl sites for hydroxylation is 1. The number of hydrogen-bond acceptors (Lipinski definition) is 5. The van der Waals surface area contributed by atoms with Crippen LogP contribution in [0.2, 0.25) is 0 Å². The smallest absolute Gasteiger partial charge is 0.242 e. The van der Waals surface area contributed by atoms with E-state index in [1.54, 1.807) is 43.0 Å². The maximum absolute atomic E-state index is 13.3. The SMILES string of the molecule is CCNS(=O)(=O)c1ccc(CCC(=O)N(Cc2ccccc2)[C@@H](C)C(=O)NC[C@H]2CCCO2)cc1. The van der Waals surface area contributed by atoms with Crippen LogP contribution in [0.4, 0.5) is 0 Å². The number of carbonyl (C=O) groups is 2. The highest BCUT2D eigenvalue weighted by atomic mass is 32.2. The number of rotatable bonds is 12. The van der Waals surface area contributed by atoms with E-state index in [2.05, 4.69) is 10.0 Å². The molecule has 0 aromatic heterocycles. The predicted molar refractivity (Wildman–Crippen MR) is 134 cm³/mol. The minimum absolute atomic E-state index is 0.0312. The third-order valence-electron chi connectivity index (χ3n) is 6.09. The standard InChI is InChI=1S/C26H35N3O5S/c1-3-28-35(32,33)24-14-11-21(12-15-24)13-16-25(30)29(19-22-8-5-4-6-9-22)20(2)26(31)27-18-23-10-7-17-34-23/h4-6,8-9,11-12,14-15,20,23,28H,3,7,10,13,16-19H2,1-2H3,(H,27,31)/t20-,23+/m0/s1. The third-order valence-corrected chi connectivity index (χ3v) is 7.65. The molecule has 8 nitrogen and oxygen atoms in total. The molecule has 2 atom stereocenters.